The third-order valence-electron chi connectivity index (χ3n) is 1.36. The van der Waals surface area contributed by atoms with Crippen LogP contribution in [0.2, 0.25) is 0 Å². The number of aliphatic hydroxyl groups is 1. The normalized spacial score (nSPS) is 26.5. The van der Waals surface area contributed by atoms with Gasteiger partial charge in [-0.05, 0) is 0 Å². The number of halogens is 3. The second kappa shape index (κ2) is 2.30. The molecule has 0 spiro atoms. The summed E-state index contributed by atoms with van der Waals surface area (Å²) < 4.78 is 35.8. The Labute approximate surface area is 61.1 Å². The van der Waals surface area contributed by atoms with Gasteiger partial charge in [-0.1, -0.05) is 0 Å². The molecule has 64 valence electrons. The maximum absolute atomic E-state index is 11.9. The van der Waals surface area contributed by atoms with Gasteiger partial charge in [0.05, 0.1) is 0 Å². The molecule has 0 saturated heterocycles. The molecule has 0 aromatic carbocycles. The largest absolute Gasteiger partial charge is 0.494 e. The summed E-state index contributed by atoms with van der Waals surface area (Å²) >= 11 is 0. The summed E-state index contributed by atoms with van der Waals surface area (Å²) in [4.78, 5) is 0. The molecule has 0 aromatic rings. The predicted octanol–water partition coefficient (Wildman–Crippen LogP) is 0.767. The number of nitrogens with one attached hydrogen (secondary N) is 1. The van der Waals surface area contributed by atoms with E-state index in [9.17, 15) is 13.2 Å². The zero-order valence-corrected chi connectivity index (χ0v) is 5.68. The first-order valence-corrected chi connectivity index (χ1v) is 2.88. The standard InChI is InChI=1S/C5H7F3N2O/c1-10-3(5(6,7)8)2-4(11)9-10/h2-3,9,11H,1H3. The lowest BCUT2D eigenvalue weighted by Gasteiger charge is -2.20. The average Bonchev–Trinajstić information content (AvgIpc) is 2.08. The van der Waals surface area contributed by atoms with Gasteiger partial charge in [0.1, 0.15) is 6.04 Å². The van der Waals surface area contributed by atoms with Crippen molar-refractivity contribution in [1.82, 2.24) is 10.4 Å². The number of nitrogens with zero attached hydrogens (tertiary/aromatic N) is 1. The van der Waals surface area contributed by atoms with Crippen LogP contribution in [0.1, 0.15) is 0 Å². The Morgan fingerprint density at radius 2 is 2.18 bits per heavy atom. The molecular formula is C5H7F3N2O. The van der Waals surface area contributed by atoms with E-state index >= 15 is 0 Å². The lowest BCUT2D eigenvalue weighted by molar-refractivity contribution is -0.168. The molecule has 11 heavy (non-hydrogen) atoms. The van der Waals surface area contributed by atoms with Gasteiger partial charge in [0.2, 0.25) is 0 Å². The van der Waals surface area contributed by atoms with Crippen molar-refractivity contribution in [3.63, 3.8) is 0 Å². The number of rotatable bonds is 0. The Hall–Kier alpha value is -0.910. The first-order valence-electron chi connectivity index (χ1n) is 2.88. The first kappa shape index (κ1) is 8.19. The highest BCUT2D eigenvalue weighted by Crippen LogP contribution is 2.27. The molecule has 1 aliphatic rings. The minimum Gasteiger partial charge on any atom is -0.494 e. The maximum atomic E-state index is 11.9. The molecule has 1 rings (SSSR count). The molecule has 1 aliphatic heterocycles. The topological polar surface area (TPSA) is 35.5 Å². The third-order valence-corrected chi connectivity index (χ3v) is 1.36. The monoisotopic (exact) mass is 168 g/mol. The van der Waals surface area contributed by atoms with Crippen LogP contribution in [0.25, 0.3) is 0 Å². The van der Waals surface area contributed by atoms with Crippen LogP contribution < -0.4 is 5.43 Å². The van der Waals surface area contributed by atoms with Gasteiger partial charge in [-0.25, -0.2) is 5.01 Å². The second-order valence-electron chi connectivity index (χ2n) is 2.26. The Morgan fingerprint density at radius 1 is 1.64 bits per heavy atom. The predicted molar refractivity (Wildman–Crippen MR) is 31.5 cm³/mol. The highest BCUT2D eigenvalue weighted by atomic mass is 19.4. The van der Waals surface area contributed by atoms with Crippen LogP contribution in [-0.2, 0) is 0 Å². The van der Waals surface area contributed by atoms with E-state index in [1.54, 1.807) is 0 Å². The van der Waals surface area contributed by atoms with Crippen LogP contribution >= 0.6 is 0 Å². The Morgan fingerprint density at radius 3 is 2.36 bits per heavy atom. The van der Waals surface area contributed by atoms with E-state index < -0.39 is 18.1 Å². The van der Waals surface area contributed by atoms with Crippen LogP contribution in [0.4, 0.5) is 13.2 Å². The Balaban J connectivity index is 2.74. The van der Waals surface area contributed by atoms with Crippen molar-refractivity contribution in [3.8, 4) is 0 Å². The number of aliphatic hydroxyl groups excluding tert-OH is 1. The fraction of sp³-hybridized carbons (Fsp3) is 0.600. The molecule has 6 heteroatoms. The molecule has 0 radical (unpaired) electrons. The first-order chi connectivity index (χ1) is 4.91. The molecule has 3 nitrogen and oxygen atoms in total. The lowest BCUT2D eigenvalue weighted by Crippen LogP contribution is -2.43. The number of hydrazine groups is 1. The lowest BCUT2D eigenvalue weighted by atomic mass is 10.3. The van der Waals surface area contributed by atoms with E-state index in [4.69, 9.17) is 5.11 Å². The summed E-state index contributed by atoms with van der Waals surface area (Å²) in [6, 6.07) is -1.73. The Kier molecular flexibility index (Phi) is 1.71. The number of likely N-dealkylation sites (N-methyl/N-ethyl adjacent to an activating group) is 1. The van der Waals surface area contributed by atoms with E-state index in [0.717, 1.165) is 5.01 Å². The SMILES string of the molecule is CN1NC(O)=CC1C(F)(F)F. The van der Waals surface area contributed by atoms with Crippen LogP contribution in [-0.4, -0.2) is 29.4 Å². The quantitative estimate of drug-likeness (QED) is 0.560. The molecule has 0 saturated carbocycles. The molecule has 0 aliphatic carbocycles. The fourth-order valence-electron chi connectivity index (χ4n) is 0.863. The van der Waals surface area contributed by atoms with E-state index in [2.05, 4.69) is 5.43 Å². The molecule has 0 bridgehead atoms. The molecule has 0 amide bonds. The zero-order chi connectivity index (χ0) is 8.65. The van der Waals surface area contributed by atoms with E-state index in [-0.39, 0.29) is 0 Å². The zero-order valence-electron chi connectivity index (χ0n) is 5.68. The summed E-state index contributed by atoms with van der Waals surface area (Å²) in [5.41, 5.74) is 2.10. The van der Waals surface area contributed by atoms with Crippen LogP contribution in [0, 0.1) is 0 Å². The van der Waals surface area contributed by atoms with Gasteiger partial charge < -0.3 is 5.11 Å². The van der Waals surface area contributed by atoms with E-state index in [0.29, 0.717) is 6.08 Å². The van der Waals surface area contributed by atoms with Gasteiger partial charge in [-0.3, -0.25) is 5.43 Å². The molecule has 0 fully saturated rings. The van der Waals surface area contributed by atoms with Gasteiger partial charge in [0, 0.05) is 13.1 Å². The molecule has 1 heterocycles. The molecule has 1 atom stereocenters. The molecule has 1 unspecified atom stereocenters. The average molecular weight is 168 g/mol. The van der Waals surface area contributed by atoms with Crippen molar-refractivity contribution in [2.75, 3.05) is 7.05 Å². The fourth-order valence-corrected chi connectivity index (χ4v) is 0.863. The van der Waals surface area contributed by atoms with E-state index in [1.807, 2.05) is 0 Å². The minimum atomic E-state index is -4.34. The summed E-state index contributed by atoms with van der Waals surface area (Å²) in [5.74, 6) is -0.463. The smallest absolute Gasteiger partial charge is 0.409 e. The summed E-state index contributed by atoms with van der Waals surface area (Å²) in [6.45, 7) is 0. The molecule has 0 aromatic heterocycles. The third kappa shape index (κ3) is 1.56. The van der Waals surface area contributed by atoms with Gasteiger partial charge in [-0.2, -0.15) is 13.2 Å². The number of hydrogen-bond acceptors (Lipinski definition) is 3. The second-order valence-corrected chi connectivity index (χ2v) is 2.26. The molecule has 2 N–H and O–H groups in total. The van der Waals surface area contributed by atoms with Crippen LogP contribution in [0.15, 0.2) is 12.0 Å². The van der Waals surface area contributed by atoms with Gasteiger partial charge in [-0.15, -0.1) is 0 Å². The molecular weight excluding hydrogens is 161 g/mol. The van der Waals surface area contributed by atoms with Crippen LogP contribution in [0.5, 0.6) is 0 Å². The van der Waals surface area contributed by atoms with Gasteiger partial charge in [0.15, 0.2) is 5.88 Å². The van der Waals surface area contributed by atoms with Crippen molar-refractivity contribution in [1.29, 1.82) is 0 Å². The number of hydrogen-bond donors (Lipinski definition) is 2. The summed E-state index contributed by atoms with van der Waals surface area (Å²) in [5, 5.41) is 9.43. The maximum Gasteiger partial charge on any atom is 0.409 e. The highest BCUT2D eigenvalue weighted by molar-refractivity contribution is 5.06. The van der Waals surface area contributed by atoms with Crippen molar-refractivity contribution < 1.29 is 18.3 Å². The Bertz CT molecular complexity index is 189. The van der Waals surface area contributed by atoms with Crippen molar-refractivity contribution >= 4 is 0 Å². The minimum absolute atomic E-state index is 0.463. The van der Waals surface area contributed by atoms with Gasteiger partial charge in [0.25, 0.3) is 0 Å². The van der Waals surface area contributed by atoms with Crippen molar-refractivity contribution in [3.05, 3.63) is 12.0 Å². The van der Waals surface area contributed by atoms with Crippen LogP contribution in [0.3, 0.4) is 0 Å². The van der Waals surface area contributed by atoms with Crippen molar-refractivity contribution in [2.24, 2.45) is 0 Å². The van der Waals surface area contributed by atoms with Gasteiger partial charge >= 0.3 is 6.18 Å². The summed E-state index contributed by atoms with van der Waals surface area (Å²) in [6.07, 6.45) is -3.63. The highest BCUT2D eigenvalue weighted by Gasteiger charge is 2.44. The summed E-state index contributed by atoms with van der Waals surface area (Å²) in [7, 11) is 1.21. The van der Waals surface area contributed by atoms with Crippen molar-refractivity contribution in [2.45, 2.75) is 12.2 Å². The number of alkyl halides is 3. The van der Waals surface area contributed by atoms with E-state index in [1.165, 1.54) is 7.05 Å².